The summed E-state index contributed by atoms with van der Waals surface area (Å²) in [5.41, 5.74) is 8.44. The van der Waals surface area contributed by atoms with Crippen LogP contribution in [0.25, 0.3) is 10.9 Å². The van der Waals surface area contributed by atoms with Crippen LogP contribution in [0.5, 0.6) is 5.75 Å². The number of aromatic nitrogens is 2. The number of halogens is 1. The largest absolute Gasteiger partial charge is 0.497 e. The summed E-state index contributed by atoms with van der Waals surface area (Å²) >= 11 is 5.50. The number of benzene rings is 2. The van der Waals surface area contributed by atoms with Gasteiger partial charge in [0.25, 0.3) is 5.56 Å². The number of fused-ring (bicyclic) bond motifs is 3. The first-order valence-corrected chi connectivity index (χ1v) is 12.9. The smallest absolute Gasteiger partial charge is 0.261 e. The fourth-order valence-corrected chi connectivity index (χ4v) is 6.74. The van der Waals surface area contributed by atoms with Gasteiger partial charge in [-0.15, -0.1) is 0 Å². The molecule has 2 aromatic carbocycles. The van der Waals surface area contributed by atoms with Gasteiger partial charge < -0.3 is 15.4 Å². The Morgan fingerprint density at radius 1 is 1.28 bits per heavy atom. The first-order chi connectivity index (χ1) is 17.1. The predicted molar refractivity (Wildman–Crippen MR) is 145 cm³/mol. The average molecular weight is 509 g/mol. The molecule has 2 bridgehead atoms. The molecule has 4 atom stereocenters. The molecule has 8 heteroatoms. The SMILES string of the molecule is COc1ccc(CCn2cnc3cc(N(C(N)=S)[C@H]4C[C@H]5C[C@@H]([C@@H]4C)C5(C)C)ccc3c2=O)c(F)c1. The van der Waals surface area contributed by atoms with Crippen molar-refractivity contribution in [3.05, 3.63) is 64.5 Å². The molecule has 3 saturated carbocycles. The van der Waals surface area contributed by atoms with E-state index in [1.54, 1.807) is 18.2 Å². The van der Waals surface area contributed by atoms with Gasteiger partial charge in [0, 0.05) is 24.3 Å². The minimum absolute atomic E-state index is 0.156. The van der Waals surface area contributed by atoms with E-state index in [0.717, 1.165) is 12.1 Å². The molecule has 1 heterocycles. The van der Waals surface area contributed by atoms with Crippen molar-refractivity contribution in [3.8, 4) is 5.75 Å². The molecule has 6 nitrogen and oxygen atoms in total. The van der Waals surface area contributed by atoms with Crippen LogP contribution >= 0.6 is 12.2 Å². The fraction of sp³-hybridized carbons (Fsp3) is 0.464. The summed E-state index contributed by atoms with van der Waals surface area (Å²) in [6.07, 6.45) is 4.22. The van der Waals surface area contributed by atoms with Gasteiger partial charge in [0.15, 0.2) is 5.11 Å². The molecule has 0 unspecified atom stereocenters. The van der Waals surface area contributed by atoms with E-state index in [1.807, 2.05) is 12.1 Å². The zero-order chi connectivity index (χ0) is 25.8. The molecule has 3 fully saturated rings. The summed E-state index contributed by atoms with van der Waals surface area (Å²) in [5, 5.41) is 0.861. The number of nitrogens with zero attached hydrogens (tertiary/aromatic N) is 3. The number of methoxy groups -OCH3 is 1. The standard InChI is InChI=1S/C28H33FN4O2S/c1-16-22-11-18(28(22,2)3)12-25(16)33(27(30)36)19-6-8-21-24(13-19)31-15-32(26(21)34)10-9-17-5-7-20(35-4)14-23(17)29/h5-8,13-16,18,22,25H,9-12H2,1-4H3,(H2,30,36)/t16-,18+,22-,25-/m0/s1. The third kappa shape index (κ3) is 4.05. The third-order valence-corrected chi connectivity index (χ3v) is 9.05. The van der Waals surface area contributed by atoms with Crippen LogP contribution in [0.2, 0.25) is 0 Å². The number of anilines is 1. The van der Waals surface area contributed by atoms with Gasteiger partial charge in [-0.2, -0.15) is 0 Å². The Hall–Kier alpha value is -3.00. The number of aryl methyl sites for hydroxylation is 2. The second-order valence-electron chi connectivity index (χ2n) is 10.9. The molecule has 0 amide bonds. The molecule has 3 aliphatic carbocycles. The molecule has 190 valence electrons. The summed E-state index contributed by atoms with van der Waals surface area (Å²) in [5.74, 6) is 1.89. The van der Waals surface area contributed by atoms with E-state index in [9.17, 15) is 9.18 Å². The van der Waals surface area contributed by atoms with Crippen LogP contribution < -0.4 is 20.9 Å². The predicted octanol–water partition coefficient (Wildman–Crippen LogP) is 4.91. The van der Waals surface area contributed by atoms with E-state index in [4.69, 9.17) is 22.7 Å². The van der Waals surface area contributed by atoms with Crippen molar-refractivity contribution in [3.63, 3.8) is 0 Å². The van der Waals surface area contributed by atoms with Crippen molar-refractivity contribution in [2.45, 2.75) is 52.6 Å². The van der Waals surface area contributed by atoms with E-state index in [2.05, 4.69) is 30.7 Å². The van der Waals surface area contributed by atoms with Crippen LogP contribution in [-0.2, 0) is 13.0 Å². The number of nitrogens with two attached hydrogens (primary N) is 1. The number of hydrogen-bond donors (Lipinski definition) is 1. The van der Waals surface area contributed by atoms with Crippen LogP contribution in [0.3, 0.4) is 0 Å². The third-order valence-electron chi connectivity index (χ3n) is 8.85. The molecule has 2 N–H and O–H groups in total. The van der Waals surface area contributed by atoms with Crippen LogP contribution in [-0.4, -0.2) is 27.8 Å². The van der Waals surface area contributed by atoms with Gasteiger partial charge in [-0.05, 0) is 84.5 Å². The lowest BCUT2D eigenvalue weighted by molar-refractivity contribution is -0.107. The van der Waals surface area contributed by atoms with E-state index < -0.39 is 0 Å². The number of ether oxygens (including phenoxy) is 1. The van der Waals surface area contributed by atoms with Crippen LogP contribution in [0.15, 0.2) is 47.5 Å². The summed E-state index contributed by atoms with van der Waals surface area (Å²) in [7, 11) is 1.50. The van der Waals surface area contributed by atoms with Crippen LogP contribution in [0.1, 0.15) is 39.2 Å². The van der Waals surface area contributed by atoms with Gasteiger partial charge in [-0.1, -0.05) is 26.8 Å². The zero-order valence-electron chi connectivity index (χ0n) is 21.2. The maximum absolute atomic E-state index is 14.3. The van der Waals surface area contributed by atoms with E-state index in [-0.39, 0.29) is 17.4 Å². The monoisotopic (exact) mass is 508 g/mol. The quantitative estimate of drug-likeness (QED) is 0.477. The number of rotatable bonds is 6. The van der Waals surface area contributed by atoms with Gasteiger partial charge in [0.2, 0.25) is 0 Å². The Morgan fingerprint density at radius 2 is 2.06 bits per heavy atom. The summed E-state index contributed by atoms with van der Waals surface area (Å²) < 4.78 is 20.9. The highest BCUT2D eigenvalue weighted by atomic mass is 32.1. The number of thiocarbonyl (C=S) groups is 1. The molecule has 0 spiro atoms. The van der Waals surface area contributed by atoms with Crippen molar-refractivity contribution in [1.29, 1.82) is 0 Å². The molecule has 3 aromatic rings. The van der Waals surface area contributed by atoms with Crippen LogP contribution in [0, 0.1) is 29.0 Å². The molecule has 0 aliphatic heterocycles. The maximum atomic E-state index is 14.3. The summed E-state index contributed by atoms with van der Waals surface area (Å²) in [6, 6.07) is 10.6. The van der Waals surface area contributed by atoms with Crippen molar-refractivity contribution in [1.82, 2.24) is 9.55 Å². The molecule has 0 saturated heterocycles. The highest BCUT2D eigenvalue weighted by molar-refractivity contribution is 7.80. The molecule has 36 heavy (non-hydrogen) atoms. The van der Waals surface area contributed by atoms with Crippen molar-refractivity contribution >= 4 is 33.9 Å². The average Bonchev–Trinajstić information content (AvgIpc) is 2.84. The van der Waals surface area contributed by atoms with E-state index in [1.165, 1.54) is 30.5 Å². The second kappa shape index (κ2) is 9.14. The molecule has 6 rings (SSSR count). The lowest BCUT2D eigenvalue weighted by Crippen LogP contribution is -2.62. The Balaban J connectivity index is 1.39. The van der Waals surface area contributed by atoms with Gasteiger partial charge in [0.05, 0.1) is 24.3 Å². The minimum atomic E-state index is -0.350. The molecule has 1 aromatic heterocycles. The van der Waals surface area contributed by atoms with Crippen molar-refractivity contribution in [2.24, 2.45) is 28.9 Å². The lowest BCUT2D eigenvalue weighted by Gasteiger charge is -2.63. The minimum Gasteiger partial charge on any atom is -0.497 e. The Labute approximate surface area is 216 Å². The Morgan fingerprint density at radius 3 is 2.69 bits per heavy atom. The highest BCUT2D eigenvalue weighted by Crippen LogP contribution is 2.62. The zero-order valence-corrected chi connectivity index (χ0v) is 22.0. The van der Waals surface area contributed by atoms with Crippen LogP contribution in [0.4, 0.5) is 10.1 Å². The second-order valence-corrected chi connectivity index (χ2v) is 11.3. The van der Waals surface area contributed by atoms with Gasteiger partial charge in [-0.3, -0.25) is 9.36 Å². The first-order valence-electron chi connectivity index (χ1n) is 12.5. The molecule has 0 radical (unpaired) electrons. The van der Waals surface area contributed by atoms with Gasteiger partial charge in [-0.25, -0.2) is 9.37 Å². The first kappa shape index (κ1) is 24.7. The molecular formula is C28H33FN4O2S. The fourth-order valence-electron chi connectivity index (χ4n) is 6.50. The van der Waals surface area contributed by atoms with Crippen molar-refractivity contribution < 1.29 is 9.13 Å². The normalized spacial score (nSPS) is 24.2. The van der Waals surface area contributed by atoms with Gasteiger partial charge >= 0.3 is 0 Å². The summed E-state index contributed by atoms with van der Waals surface area (Å²) in [4.78, 5) is 19.8. The molecular weight excluding hydrogens is 475 g/mol. The summed E-state index contributed by atoms with van der Waals surface area (Å²) in [6.45, 7) is 7.38. The van der Waals surface area contributed by atoms with Gasteiger partial charge in [0.1, 0.15) is 11.6 Å². The molecule has 3 aliphatic rings. The topological polar surface area (TPSA) is 73.4 Å². The maximum Gasteiger partial charge on any atom is 0.261 e. The number of hydrogen-bond acceptors (Lipinski definition) is 4. The Bertz CT molecular complexity index is 1390. The lowest BCUT2D eigenvalue weighted by atomic mass is 9.44. The highest BCUT2D eigenvalue weighted by Gasteiger charge is 2.57. The van der Waals surface area contributed by atoms with Crippen molar-refractivity contribution in [2.75, 3.05) is 12.0 Å². The van der Waals surface area contributed by atoms with E-state index >= 15 is 0 Å². The Kier molecular flexibility index (Phi) is 6.27. The van der Waals surface area contributed by atoms with E-state index in [0.29, 0.717) is 63.5 Å².